The van der Waals surface area contributed by atoms with Gasteiger partial charge in [0, 0.05) is 28.3 Å². The number of benzene rings is 2. The average Bonchev–Trinajstić information content (AvgIpc) is 2.46. The van der Waals surface area contributed by atoms with Gasteiger partial charge >= 0.3 is 0 Å². The molecule has 0 aromatic heterocycles. The number of hydrogen-bond acceptors (Lipinski definition) is 3. The van der Waals surface area contributed by atoms with Crippen molar-refractivity contribution in [2.24, 2.45) is 5.73 Å². The van der Waals surface area contributed by atoms with Crippen LogP contribution in [0.2, 0.25) is 0 Å². The number of halogens is 1. The number of hydrogen-bond donors (Lipinski definition) is 1. The topological polar surface area (TPSA) is 35.2 Å². The largest absolute Gasteiger partial charge is 0.497 e. The zero-order valence-corrected chi connectivity index (χ0v) is 12.4. The molecule has 0 spiro atoms. The van der Waals surface area contributed by atoms with Gasteiger partial charge in [-0.3, -0.25) is 0 Å². The van der Waals surface area contributed by atoms with Crippen molar-refractivity contribution in [3.63, 3.8) is 0 Å². The Hall–Kier alpha value is -1.52. The van der Waals surface area contributed by atoms with Crippen molar-refractivity contribution >= 4 is 11.8 Å². The third-order valence-electron chi connectivity index (χ3n) is 3.06. The van der Waals surface area contributed by atoms with E-state index in [-0.39, 0.29) is 11.9 Å². The molecule has 0 saturated heterocycles. The summed E-state index contributed by atoms with van der Waals surface area (Å²) in [5.74, 6) is 0.817. The van der Waals surface area contributed by atoms with Crippen LogP contribution in [-0.2, 0) is 0 Å². The van der Waals surface area contributed by atoms with E-state index in [9.17, 15) is 4.39 Å². The summed E-state index contributed by atoms with van der Waals surface area (Å²) in [5, 5.41) is 0. The molecule has 106 valence electrons. The van der Waals surface area contributed by atoms with Crippen LogP contribution in [0.15, 0.2) is 47.4 Å². The van der Waals surface area contributed by atoms with Crippen LogP contribution in [0.4, 0.5) is 4.39 Å². The second-order valence-electron chi connectivity index (χ2n) is 4.62. The molecule has 2 N–H and O–H groups in total. The van der Waals surface area contributed by atoms with Crippen molar-refractivity contribution in [2.75, 3.05) is 12.9 Å². The van der Waals surface area contributed by atoms with Gasteiger partial charge in [-0.25, -0.2) is 4.39 Å². The van der Waals surface area contributed by atoms with E-state index in [4.69, 9.17) is 10.5 Å². The number of rotatable bonds is 5. The lowest BCUT2D eigenvalue weighted by molar-refractivity contribution is 0.410. The van der Waals surface area contributed by atoms with E-state index in [2.05, 4.69) is 24.3 Å². The first-order valence-corrected chi connectivity index (χ1v) is 7.37. The van der Waals surface area contributed by atoms with Crippen molar-refractivity contribution in [2.45, 2.75) is 17.9 Å². The summed E-state index contributed by atoms with van der Waals surface area (Å²) in [6.07, 6.45) is 0. The van der Waals surface area contributed by atoms with Gasteiger partial charge in [-0.2, -0.15) is 0 Å². The van der Waals surface area contributed by atoms with Gasteiger partial charge in [0.15, 0.2) is 0 Å². The second kappa shape index (κ2) is 6.77. The van der Waals surface area contributed by atoms with Crippen LogP contribution in [-0.4, -0.2) is 12.9 Å². The fraction of sp³-hybridized carbons (Fsp3) is 0.250. The highest BCUT2D eigenvalue weighted by Gasteiger charge is 2.12. The maximum atomic E-state index is 13.9. The second-order valence-corrected chi connectivity index (χ2v) is 5.71. The van der Waals surface area contributed by atoms with Crippen LogP contribution in [0.3, 0.4) is 0 Å². The summed E-state index contributed by atoms with van der Waals surface area (Å²) in [4.78, 5) is 1.14. The third kappa shape index (κ3) is 3.74. The van der Waals surface area contributed by atoms with E-state index >= 15 is 0 Å². The van der Waals surface area contributed by atoms with Crippen molar-refractivity contribution in [3.8, 4) is 5.75 Å². The molecule has 0 amide bonds. The first-order chi connectivity index (χ1) is 9.60. The molecule has 0 bridgehead atoms. The monoisotopic (exact) mass is 291 g/mol. The SMILES string of the molecule is COc1ccc(C(N)CSc2ccc(C)cc2)c(F)c1. The van der Waals surface area contributed by atoms with Crippen molar-refractivity contribution in [3.05, 3.63) is 59.4 Å². The van der Waals surface area contributed by atoms with Gasteiger partial charge in [0.05, 0.1) is 7.11 Å². The molecule has 2 rings (SSSR count). The first-order valence-electron chi connectivity index (χ1n) is 6.38. The maximum absolute atomic E-state index is 13.9. The molecular weight excluding hydrogens is 273 g/mol. The number of ether oxygens (including phenoxy) is 1. The highest BCUT2D eigenvalue weighted by molar-refractivity contribution is 7.99. The lowest BCUT2D eigenvalue weighted by Gasteiger charge is -2.13. The van der Waals surface area contributed by atoms with Gasteiger partial charge in [-0.05, 0) is 25.1 Å². The first kappa shape index (κ1) is 14.9. The van der Waals surface area contributed by atoms with E-state index in [1.165, 1.54) is 18.7 Å². The highest BCUT2D eigenvalue weighted by atomic mass is 32.2. The quantitative estimate of drug-likeness (QED) is 0.848. The lowest BCUT2D eigenvalue weighted by Crippen LogP contribution is -2.14. The molecule has 0 aliphatic heterocycles. The van der Waals surface area contributed by atoms with Crippen LogP contribution >= 0.6 is 11.8 Å². The smallest absolute Gasteiger partial charge is 0.131 e. The molecule has 0 fully saturated rings. The molecule has 1 atom stereocenters. The van der Waals surface area contributed by atoms with Crippen molar-refractivity contribution in [1.29, 1.82) is 0 Å². The minimum absolute atomic E-state index is 0.318. The summed E-state index contributed by atoms with van der Waals surface area (Å²) in [6.45, 7) is 2.05. The van der Waals surface area contributed by atoms with Crippen molar-refractivity contribution in [1.82, 2.24) is 0 Å². The summed E-state index contributed by atoms with van der Waals surface area (Å²) in [5.41, 5.74) is 7.80. The lowest BCUT2D eigenvalue weighted by atomic mass is 10.1. The zero-order valence-electron chi connectivity index (χ0n) is 11.6. The molecule has 2 aromatic rings. The molecule has 1 unspecified atom stereocenters. The normalized spacial score (nSPS) is 12.2. The summed E-state index contributed by atoms with van der Waals surface area (Å²) in [7, 11) is 1.52. The fourth-order valence-corrected chi connectivity index (χ4v) is 2.73. The fourth-order valence-electron chi connectivity index (χ4n) is 1.85. The Labute approximate surface area is 123 Å². The average molecular weight is 291 g/mol. The molecule has 0 aliphatic carbocycles. The minimum Gasteiger partial charge on any atom is -0.497 e. The van der Waals surface area contributed by atoms with E-state index < -0.39 is 0 Å². The Morgan fingerprint density at radius 1 is 1.20 bits per heavy atom. The van der Waals surface area contributed by atoms with Crippen LogP contribution in [0.5, 0.6) is 5.75 Å². The molecular formula is C16H18FNOS. The van der Waals surface area contributed by atoms with Gasteiger partial charge in [0.25, 0.3) is 0 Å². The Morgan fingerprint density at radius 2 is 1.90 bits per heavy atom. The molecule has 2 aromatic carbocycles. The van der Waals surface area contributed by atoms with Crippen LogP contribution < -0.4 is 10.5 Å². The summed E-state index contributed by atoms with van der Waals surface area (Å²) >= 11 is 1.63. The molecule has 2 nitrogen and oxygen atoms in total. The van der Waals surface area contributed by atoms with Gasteiger partial charge in [-0.15, -0.1) is 11.8 Å². The van der Waals surface area contributed by atoms with Crippen molar-refractivity contribution < 1.29 is 9.13 Å². The molecule has 4 heteroatoms. The van der Waals surface area contributed by atoms with Gasteiger partial charge in [0.2, 0.25) is 0 Å². The van der Waals surface area contributed by atoms with E-state index in [1.807, 2.05) is 6.92 Å². The number of thioether (sulfide) groups is 1. The van der Waals surface area contributed by atoms with Crippen LogP contribution in [0.1, 0.15) is 17.2 Å². The van der Waals surface area contributed by atoms with E-state index in [0.29, 0.717) is 17.1 Å². The summed E-state index contributed by atoms with van der Waals surface area (Å²) in [6, 6.07) is 12.7. The predicted octanol–water partition coefficient (Wildman–Crippen LogP) is 3.93. The van der Waals surface area contributed by atoms with Gasteiger partial charge < -0.3 is 10.5 Å². The molecule has 0 radical (unpaired) electrons. The Kier molecular flexibility index (Phi) is 5.04. The van der Waals surface area contributed by atoms with Gasteiger partial charge in [0.1, 0.15) is 11.6 Å². The zero-order chi connectivity index (χ0) is 14.5. The Balaban J connectivity index is 2.01. The number of nitrogens with two attached hydrogens (primary N) is 1. The molecule has 0 heterocycles. The van der Waals surface area contributed by atoms with Crippen LogP contribution in [0.25, 0.3) is 0 Å². The maximum Gasteiger partial charge on any atom is 0.131 e. The minimum atomic E-state index is -0.341. The Bertz CT molecular complexity index is 571. The van der Waals surface area contributed by atoms with Gasteiger partial charge in [-0.1, -0.05) is 23.8 Å². The number of aryl methyl sites for hydroxylation is 1. The predicted molar refractivity (Wildman–Crippen MR) is 81.8 cm³/mol. The number of methoxy groups -OCH3 is 1. The third-order valence-corrected chi connectivity index (χ3v) is 4.19. The summed E-state index contributed by atoms with van der Waals surface area (Å²) < 4.78 is 18.9. The van der Waals surface area contributed by atoms with E-state index in [0.717, 1.165) is 4.90 Å². The standard InChI is InChI=1S/C16H18FNOS/c1-11-3-6-13(7-4-11)20-10-16(18)14-8-5-12(19-2)9-15(14)17/h3-9,16H,10,18H2,1-2H3. The molecule has 0 saturated carbocycles. The molecule has 0 aliphatic rings. The van der Waals surface area contributed by atoms with Crippen LogP contribution in [0, 0.1) is 12.7 Å². The highest BCUT2D eigenvalue weighted by Crippen LogP contribution is 2.26. The molecule has 20 heavy (non-hydrogen) atoms. The Morgan fingerprint density at radius 3 is 2.50 bits per heavy atom. The van der Waals surface area contributed by atoms with E-state index in [1.54, 1.807) is 23.9 Å².